The van der Waals surface area contributed by atoms with E-state index in [4.69, 9.17) is 16.2 Å². The molecule has 0 saturated heterocycles. The Kier molecular flexibility index (Phi) is 5.37. The summed E-state index contributed by atoms with van der Waals surface area (Å²) in [5.41, 5.74) is 10.1. The molecule has 7 nitrogen and oxygen atoms in total. The van der Waals surface area contributed by atoms with E-state index in [-0.39, 0.29) is 18.6 Å². The molecule has 4 N–H and O–H groups in total. The van der Waals surface area contributed by atoms with Crippen LogP contribution in [0, 0.1) is 23.3 Å². The van der Waals surface area contributed by atoms with Crippen molar-refractivity contribution in [3.05, 3.63) is 41.1 Å². The van der Waals surface area contributed by atoms with Gasteiger partial charge in [-0.1, -0.05) is 0 Å². The van der Waals surface area contributed by atoms with Gasteiger partial charge in [-0.05, 0) is 0 Å². The molecule has 11 heteroatoms. The molecule has 2 aromatic rings. The standard InChI is InChI=1S/C14H13F4N5O2/c1-23(3-2-19)14-21-5-6(12(20)24)13(22-14)25-11-9(17)7(15)4-8(16)10(11)18/h4-5H,2-3,19H2,1H3,(H2,20,24). The highest BCUT2D eigenvalue weighted by Crippen LogP contribution is 2.32. The number of likely N-dealkylation sites (N-methyl/N-ethyl adjacent to an activating group) is 1. The number of nitrogens with two attached hydrogens (primary N) is 2. The molecular weight excluding hydrogens is 346 g/mol. The predicted molar refractivity (Wildman–Crippen MR) is 79.2 cm³/mol. The molecule has 0 fully saturated rings. The van der Waals surface area contributed by atoms with Gasteiger partial charge in [-0.15, -0.1) is 0 Å². The van der Waals surface area contributed by atoms with Crippen molar-refractivity contribution < 1.29 is 27.1 Å². The van der Waals surface area contributed by atoms with Gasteiger partial charge in [0.1, 0.15) is 5.56 Å². The number of rotatable bonds is 6. The van der Waals surface area contributed by atoms with E-state index in [2.05, 4.69) is 9.97 Å². The quantitative estimate of drug-likeness (QED) is 0.595. The number of amides is 1. The van der Waals surface area contributed by atoms with Gasteiger partial charge in [0.2, 0.25) is 29.2 Å². The Morgan fingerprint density at radius 2 is 1.84 bits per heavy atom. The highest BCUT2D eigenvalue weighted by atomic mass is 19.2. The average molecular weight is 359 g/mol. The summed E-state index contributed by atoms with van der Waals surface area (Å²) in [4.78, 5) is 20.5. The first kappa shape index (κ1) is 18.4. The van der Waals surface area contributed by atoms with E-state index in [9.17, 15) is 22.4 Å². The zero-order valence-electron chi connectivity index (χ0n) is 12.9. The van der Waals surface area contributed by atoms with Crippen molar-refractivity contribution >= 4 is 11.9 Å². The summed E-state index contributed by atoms with van der Waals surface area (Å²) >= 11 is 0. The lowest BCUT2D eigenvalue weighted by atomic mass is 10.2. The van der Waals surface area contributed by atoms with E-state index in [1.165, 1.54) is 4.90 Å². The first-order valence-corrected chi connectivity index (χ1v) is 6.85. The Bertz CT molecular complexity index is 792. The van der Waals surface area contributed by atoms with E-state index in [0.29, 0.717) is 6.54 Å². The summed E-state index contributed by atoms with van der Waals surface area (Å²) in [5, 5.41) is 0. The number of hydrogen-bond donors (Lipinski definition) is 2. The summed E-state index contributed by atoms with van der Waals surface area (Å²) in [6, 6.07) is 0.0208. The van der Waals surface area contributed by atoms with Crippen molar-refractivity contribution in [3.8, 4) is 11.6 Å². The topological polar surface area (TPSA) is 107 Å². The van der Waals surface area contributed by atoms with Crippen LogP contribution in [0.3, 0.4) is 0 Å². The number of benzene rings is 1. The molecule has 134 valence electrons. The summed E-state index contributed by atoms with van der Waals surface area (Å²) in [6.07, 6.45) is 0.957. The number of primary amides is 1. The zero-order valence-corrected chi connectivity index (χ0v) is 12.9. The van der Waals surface area contributed by atoms with Crippen LogP contribution in [0.15, 0.2) is 12.3 Å². The maximum atomic E-state index is 13.7. The summed E-state index contributed by atoms with van der Waals surface area (Å²) in [6.45, 7) is 0.554. The SMILES string of the molecule is CN(CCN)c1ncc(C(N)=O)c(Oc2c(F)c(F)cc(F)c2F)n1. The van der Waals surface area contributed by atoms with Gasteiger partial charge in [0.05, 0.1) is 0 Å². The van der Waals surface area contributed by atoms with Crippen LogP contribution >= 0.6 is 0 Å². The van der Waals surface area contributed by atoms with Crippen molar-refractivity contribution in [1.82, 2.24) is 9.97 Å². The Morgan fingerprint density at radius 3 is 2.36 bits per heavy atom. The summed E-state index contributed by atoms with van der Waals surface area (Å²) in [5.74, 6) is -10.1. The Hall–Kier alpha value is -2.95. The summed E-state index contributed by atoms with van der Waals surface area (Å²) < 4.78 is 58.9. The molecule has 0 radical (unpaired) electrons. The normalized spacial score (nSPS) is 10.6. The molecule has 0 saturated carbocycles. The molecule has 0 aliphatic carbocycles. The van der Waals surface area contributed by atoms with Crippen molar-refractivity contribution in [2.45, 2.75) is 0 Å². The van der Waals surface area contributed by atoms with Crippen LogP contribution in [0.4, 0.5) is 23.5 Å². The second kappa shape index (κ2) is 7.30. The Balaban J connectivity index is 2.54. The fourth-order valence-electron chi connectivity index (χ4n) is 1.82. The molecule has 1 aromatic heterocycles. The van der Waals surface area contributed by atoms with Crippen molar-refractivity contribution in [3.63, 3.8) is 0 Å². The molecular formula is C14H13F4N5O2. The van der Waals surface area contributed by atoms with Crippen LogP contribution in [-0.4, -0.2) is 36.0 Å². The molecule has 0 unspecified atom stereocenters. The van der Waals surface area contributed by atoms with Gasteiger partial charge in [0.15, 0.2) is 11.6 Å². The predicted octanol–water partition coefficient (Wildman–Crippen LogP) is 1.32. The third-order valence-electron chi connectivity index (χ3n) is 3.08. The van der Waals surface area contributed by atoms with Crippen LogP contribution < -0.4 is 21.1 Å². The fraction of sp³-hybridized carbons (Fsp3) is 0.214. The highest BCUT2D eigenvalue weighted by molar-refractivity contribution is 5.94. The van der Waals surface area contributed by atoms with Gasteiger partial charge in [-0.3, -0.25) is 4.79 Å². The van der Waals surface area contributed by atoms with E-state index < -0.39 is 46.4 Å². The van der Waals surface area contributed by atoms with Crippen LogP contribution in [0.2, 0.25) is 0 Å². The highest BCUT2D eigenvalue weighted by Gasteiger charge is 2.24. The third kappa shape index (κ3) is 3.76. The molecule has 0 aliphatic rings. The van der Waals surface area contributed by atoms with Gasteiger partial charge < -0.3 is 21.1 Å². The number of ether oxygens (including phenoxy) is 1. The van der Waals surface area contributed by atoms with Gasteiger partial charge in [0.25, 0.3) is 5.91 Å². The smallest absolute Gasteiger partial charge is 0.255 e. The lowest BCUT2D eigenvalue weighted by molar-refractivity contribution is 0.0996. The maximum Gasteiger partial charge on any atom is 0.255 e. The fourth-order valence-corrected chi connectivity index (χ4v) is 1.82. The third-order valence-corrected chi connectivity index (χ3v) is 3.08. The number of carbonyl (C=O) groups is 1. The van der Waals surface area contributed by atoms with Crippen LogP contribution in [0.5, 0.6) is 11.6 Å². The molecule has 0 aliphatic heterocycles. The lowest BCUT2D eigenvalue weighted by Gasteiger charge is -2.17. The Morgan fingerprint density at radius 1 is 1.24 bits per heavy atom. The minimum absolute atomic E-state index is 0.0110. The number of anilines is 1. The molecule has 1 aromatic carbocycles. The molecule has 1 heterocycles. The van der Waals surface area contributed by atoms with Crippen LogP contribution in [0.25, 0.3) is 0 Å². The summed E-state index contributed by atoms with van der Waals surface area (Å²) in [7, 11) is 1.55. The maximum absolute atomic E-state index is 13.7. The van der Waals surface area contributed by atoms with Gasteiger partial charge >= 0.3 is 0 Å². The van der Waals surface area contributed by atoms with Crippen LogP contribution in [-0.2, 0) is 0 Å². The molecule has 1 amide bonds. The Labute approximate surface area is 139 Å². The molecule has 0 atom stereocenters. The van der Waals surface area contributed by atoms with E-state index >= 15 is 0 Å². The van der Waals surface area contributed by atoms with Gasteiger partial charge in [-0.2, -0.15) is 13.8 Å². The zero-order chi connectivity index (χ0) is 18.7. The molecule has 0 bridgehead atoms. The molecule has 2 rings (SSSR count). The minimum atomic E-state index is -1.79. The molecule has 25 heavy (non-hydrogen) atoms. The largest absolute Gasteiger partial charge is 0.432 e. The van der Waals surface area contributed by atoms with Crippen molar-refractivity contribution in [2.75, 3.05) is 25.0 Å². The second-order valence-corrected chi connectivity index (χ2v) is 4.86. The number of hydrogen-bond acceptors (Lipinski definition) is 6. The van der Waals surface area contributed by atoms with Gasteiger partial charge in [-0.25, -0.2) is 13.8 Å². The average Bonchev–Trinajstić information content (AvgIpc) is 2.56. The van der Waals surface area contributed by atoms with E-state index in [0.717, 1.165) is 6.20 Å². The first-order valence-electron chi connectivity index (χ1n) is 6.85. The van der Waals surface area contributed by atoms with Crippen molar-refractivity contribution in [1.29, 1.82) is 0 Å². The second-order valence-electron chi connectivity index (χ2n) is 4.86. The van der Waals surface area contributed by atoms with E-state index in [1.807, 2.05) is 0 Å². The lowest BCUT2D eigenvalue weighted by Crippen LogP contribution is -2.27. The minimum Gasteiger partial charge on any atom is -0.432 e. The van der Waals surface area contributed by atoms with Crippen LogP contribution in [0.1, 0.15) is 10.4 Å². The number of aromatic nitrogens is 2. The number of halogens is 4. The van der Waals surface area contributed by atoms with Gasteiger partial charge in [0, 0.05) is 32.4 Å². The monoisotopic (exact) mass is 359 g/mol. The number of nitrogens with zero attached hydrogens (tertiary/aromatic N) is 3. The van der Waals surface area contributed by atoms with Crippen molar-refractivity contribution in [2.24, 2.45) is 11.5 Å². The van der Waals surface area contributed by atoms with E-state index in [1.54, 1.807) is 7.05 Å². The first-order chi connectivity index (χ1) is 11.8. The molecule has 0 spiro atoms. The number of carbonyl (C=O) groups excluding carboxylic acids is 1.